The molecular weight excluding hydrogens is 312 g/mol. The van der Waals surface area contributed by atoms with Gasteiger partial charge in [-0.1, -0.05) is 65.8 Å². The largest absolute Gasteiger partial charge is 0.352 e. The van der Waals surface area contributed by atoms with E-state index in [0.717, 1.165) is 30.4 Å². The van der Waals surface area contributed by atoms with E-state index in [1.807, 2.05) is 65.8 Å². The summed E-state index contributed by atoms with van der Waals surface area (Å²) in [6, 6.07) is 7.99. The third kappa shape index (κ3) is 5.87. The third-order valence-corrected chi connectivity index (χ3v) is 5.50. The first kappa shape index (κ1) is 21.2. The monoisotopic (exact) mass is 346 g/mol. The summed E-state index contributed by atoms with van der Waals surface area (Å²) in [5.41, 5.74) is 1.43. The molecule has 0 aromatic heterocycles. The molecule has 2 amide bonds. The summed E-state index contributed by atoms with van der Waals surface area (Å²) in [7, 11) is 0. The molecule has 0 fully saturated rings. The van der Waals surface area contributed by atoms with E-state index in [2.05, 4.69) is 10.6 Å². The lowest BCUT2D eigenvalue weighted by Gasteiger charge is -2.25. The van der Waals surface area contributed by atoms with E-state index in [0.29, 0.717) is 13.1 Å². The van der Waals surface area contributed by atoms with E-state index in [4.69, 9.17) is 0 Å². The Bertz CT molecular complexity index is 589. The lowest BCUT2D eigenvalue weighted by Crippen LogP contribution is -2.37. The van der Waals surface area contributed by atoms with Crippen molar-refractivity contribution in [1.29, 1.82) is 0 Å². The SMILES string of the molecule is CCC(C)(C)C(=O)NCc1cccc(CNC(=O)C(C)(CC)CC)c1. The van der Waals surface area contributed by atoms with Crippen LogP contribution in [-0.2, 0) is 22.7 Å². The van der Waals surface area contributed by atoms with E-state index in [9.17, 15) is 9.59 Å². The summed E-state index contributed by atoms with van der Waals surface area (Å²) < 4.78 is 0. The molecular formula is C21H34N2O2. The average molecular weight is 347 g/mol. The van der Waals surface area contributed by atoms with Gasteiger partial charge in [0.05, 0.1) is 0 Å². The zero-order chi connectivity index (χ0) is 19.1. The zero-order valence-electron chi connectivity index (χ0n) is 16.7. The fraction of sp³-hybridized carbons (Fsp3) is 0.619. The minimum Gasteiger partial charge on any atom is -0.352 e. The first-order valence-electron chi connectivity index (χ1n) is 9.33. The number of carbonyl (C=O) groups is 2. The molecule has 0 bridgehead atoms. The van der Waals surface area contributed by atoms with Crippen molar-refractivity contribution in [3.63, 3.8) is 0 Å². The predicted octanol–water partition coefficient (Wildman–Crippen LogP) is 4.18. The van der Waals surface area contributed by atoms with Crippen LogP contribution in [0.15, 0.2) is 24.3 Å². The number of amides is 2. The van der Waals surface area contributed by atoms with Crippen molar-refractivity contribution in [2.24, 2.45) is 10.8 Å². The van der Waals surface area contributed by atoms with Gasteiger partial charge in [-0.15, -0.1) is 0 Å². The molecule has 0 saturated heterocycles. The Hall–Kier alpha value is -1.84. The molecule has 0 aliphatic carbocycles. The Morgan fingerprint density at radius 3 is 1.76 bits per heavy atom. The van der Waals surface area contributed by atoms with Crippen molar-refractivity contribution in [1.82, 2.24) is 10.6 Å². The Morgan fingerprint density at radius 1 is 0.840 bits per heavy atom. The number of hydrogen-bond donors (Lipinski definition) is 2. The highest BCUT2D eigenvalue weighted by atomic mass is 16.2. The van der Waals surface area contributed by atoms with Gasteiger partial charge in [0.15, 0.2) is 0 Å². The summed E-state index contributed by atoms with van der Waals surface area (Å²) in [6.45, 7) is 13.0. The maximum atomic E-state index is 12.4. The minimum atomic E-state index is -0.351. The molecule has 1 aromatic rings. The van der Waals surface area contributed by atoms with Gasteiger partial charge in [0.25, 0.3) is 0 Å². The van der Waals surface area contributed by atoms with E-state index < -0.39 is 0 Å². The van der Waals surface area contributed by atoms with E-state index in [1.165, 1.54) is 0 Å². The predicted molar refractivity (Wildman–Crippen MR) is 103 cm³/mol. The molecule has 0 aliphatic rings. The minimum absolute atomic E-state index is 0.0652. The lowest BCUT2D eigenvalue weighted by atomic mass is 9.84. The van der Waals surface area contributed by atoms with Crippen molar-refractivity contribution in [3.05, 3.63) is 35.4 Å². The van der Waals surface area contributed by atoms with Gasteiger partial charge in [0.2, 0.25) is 11.8 Å². The first-order valence-corrected chi connectivity index (χ1v) is 9.33. The maximum absolute atomic E-state index is 12.4. The van der Waals surface area contributed by atoms with Gasteiger partial charge in [0, 0.05) is 23.9 Å². The second-order valence-electron chi connectivity index (χ2n) is 7.69. The molecule has 0 atom stereocenters. The fourth-order valence-corrected chi connectivity index (χ4v) is 2.40. The van der Waals surface area contributed by atoms with Crippen LogP contribution in [0.25, 0.3) is 0 Å². The van der Waals surface area contributed by atoms with E-state index in [-0.39, 0.29) is 22.6 Å². The molecule has 1 rings (SSSR count). The van der Waals surface area contributed by atoms with Gasteiger partial charge in [0.1, 0.15) is 0 Å². The normalized spacial score (nSPS) is 11.9. The van der Waals surface area contributed by atoms with Crippen LogP contribution >= 0.6 is 0 Å². The molecule has 0 heterocycles. The maximum Gasteiger partial charge on any atom is 0.226 e. The van der Waals surface area contributed by atoms with E-state index in [1.54, 1.807) is 0 Å². The second kappa shape index (κ2) is 9.02. The first-order chi connectivity index (χ1) is 11.7. The van der Waals surface area contributed by atoms with Crippen LogP contribution in [0.5, 0.6) is 0 Å². The molecule has 0 aliphatic heterocycles. The Balaban J connectivity index is 2.64. The van der Waals surface area contributed by atoms with Gasteiger partial charge < -0.3 is 10.6 Å². The number of nitrogens with one attached hydrogen (secondary N) is 2. The van der Waals surface area contributed by atoms with Gasteiger partial charge in [-0.05, 0) is 30.4 Å². The molecule has 140 valence electrons. The molecule has 2 N–H and O–H groups in total. The third-order valence-electron chi connectivity index (χ3n) is 5.50. The summed E-state index contributed by atoms with van der Waals surface area (Å²) in [6.07, 6.45) is 2.46. The van der Waals surface area contributed by atoms with Crippen LogP contribution in [-0.4, -0.2) is 11.8 Å². The highest BCUT2D eigenvalue weighted by molar-refractivity contribution is 5.82. The standard InChI is InChI=1S/C21H34N2O2/c1-7-20(4,5)18(24)22-14-16-11-10-12-17(13-16)15-23-19(25)21(6,8-2)9-3/h10-13H,7-9,14-15H2,1-6H3,(H,22,24)(H,23,25). The van der Waals surface area contributed by atoms with Crippen LogP contribution in [0, 0.1) is 10.8 Å². The van der Waals surface area contributed by atoms with Crippen LogP contribution in [0.3, 0.4) is 0 Å². The molecule has 1 aromatic carbocycles. The quantitative estimate of drug-likeness (QED) is 0.704. The summed E-state index contributed by atoms with van der Waals surface area (Å²) in [5, 5.41) is 6.04. The van der Waals surface area contributed by atoms with Gasteiger partial charge in [-0.2, -0.15) is 0 Å². The molecule has 4 nitrogen and oxygen atoms in total. The van der Waals surface area contributed by atoms with Gasteiger partial charge in [-0.3, -0.25) is 9.59 Å². The topological polar surface area (TPSA) is 58.2 Å². The Labute approximate surface area is 152 Å². The van der Waals surface area contributed by atoms with Gasteiger partial charge >= 0.3 is 0 Å². The lowest BCUT2D eigenvalue weighted by molar-refractivity contribution is -0.131. The van der Waals surface area contributed by atoms with Crippen LogP contribution in [0.4, 0.5) is 0 Å². The van der Waals surface area contributed by atoms with Gasteiger partial charge in [-0.25, -0.2) is 0 Å². The number of carbonyl (C=O) groups excluding carboxylic acids is 2. The fourth-order valence-electron chi connectivity index (χ4n) is 2.40. The molecule has 4 heteroatoms. The summed E-state index contributed by atoms with van der Waals surface area (Å²) in [5.74, 6) is 0.163. The number of benzene rings is 1. The second-order valence-corrected chi connectivity index (χ2v) is 7.69. The van der Waals surface area contributed by atoms with Crippen molar-refractivity contribution in [2.45, 2.75) is 73.9 Å². The van der Waals surface area contributed by atoms with E-state index >= 15 is 0 Å². The van der Waals surface area contributed by atoms with Crippen LogP contribution in [0.1, 0.15) is 71.9 Å². The summed E-state index contributed by atoms with van der Waals surface area (Å²) >= 11 is 0. The van der Waals surface area contributed by atoms with Crippen molar-refractivity contribution >= 4 is 11.8 Å². The highest BCUT2D eigenvalue weighted by Gasteiger charge is 2.28. The molecule has 0 saturated carbocycles. The number of rotatable bonds is 9. The molecule has 0 spiro atoms. The van der Waals surface area contributed by atoms with Crippen molar-refractivity contribution in [3.8, 4) is 0 Å². The van der Waals surface area contributed by atoms with Crippen molar-refractivity contribution in [2.75, 3.05) is 0 Å². The van der Waals surface area contributed by atoms with Crippen LogP contribution in [0.2, 0.25) is 0 Å². The number of hydrogen-bond acceptors (Lipinski definition) is 2. The molecule has 25 heavy (non-hydrogen) atoms. The molecule has 0 unspecified atom stereocenters. The zero-order valence-corrected chi connectivity index (χ0v) is 16.7. The van der Waals surface area contributed by atoms with Crippen LogP contribution < -0.4 is 10.6 Å². The summed E-state index contributed by atoms with van der Waals surface area (Å²) in [4.78, 5) is 24.6. The highest BCUT2D eigenvalue weighted by Crippen LogP contribution is 2.25. The average Bonchev–Trinajstić information content (AvgIpc) is 2.63. The molecule has 0 radical (unpaired) electrons. The smallest absolute Gasteiger partial charge is 0.226 e. The van der Waals surface area contributed by atoms with Crippen molar-refractivity contribution < 1.29 is 9.59 Å². The Morgan fingerprint density at radius 2 is 1.32 bits per heavy atom. The Kier molecular flexibility index (Phi) is 7.65.